The fourth-order valence-electron chi connectivity index (χ4n) is 15.1. The standard InChI is InChI=1S/C85H156N11O29P/c1-5-121-126(114)122-49-32-20-10-7-6-8-13-23-33-64(95-86)53-87-40-25-15-12-14-24-34-71(106)96-44-35-63(36-45-96)81(113)94-85(58-116-51-38-69(104)89-42-27-17-21-30-47-119-83-73(92-61(3)101)79(111)76(108)66(55-98)124-83,59-117-52-39-70(105)90-43-28-18-22-31-48-120-84-74(93-62(4)102)80(112)77(109)67(56-99)125-84)57-115-50-37-68(103)88-41-26-16-9-11-19-29-46-118-82-72(91-60(2)100)78(110)75(107)65(54-97)123-82/h53,63,65-67,72-80,82-84,86-87,97-99,107-112,126H,5-52,54-59H2,1-4H3,(H,88,103)(H,89,104)(H,90,105)(H,91,100)(H,92,101)(H,93,102)(H,94,113)/b64-53-,95-86?. The first-order valence-corrected chi connectivity index (χ1v) is 47.3. The van der Waals surface area contributed by atoms with Gasteiger partial charge in [-0.2, -0.15) is 5.11 Å². The van der Waals surface area contributed by atoms with E-state index in [0.717, 1.165) is 128 Å². The van der Waals surface area contributed by atoms with Crippen LogP contribution in [0, 0.1) is 11.4 Å². The van der Waals surface area contributed by atoms with Crippen molar-refractivity contribution in [2.24, 2.45) is 11.0 Å². The van der Waals surface area contributed by atoms with Crippen molar-refractivity contribution in [1.29, 1.82) is 5.53 Å². The second-order valence-corrected chi connectivity index (χ2v) is 34.1. The molecule has 730 valence electrons. The van der Waals surface area contributed by atoms with Gasteiger partial charge in [-0.1, -0.05) is 109 Å². The Balaban J connectivity index is 1.32. The smallest absolute Gasteiger partial charge is 0.319 e. The van der Waals surface area contributed by atoms with E-state index in [1.807, 2.05) is 6.20 Å². The number of ether oxygens (including phenoxy) is 9. The van der Waals surface area contributed by atoms with Crippen molar-refractivity contribution in [1.82, 2.24) is 47.4 Å². The highest BCUT2D eigenvalue weighted by molar-refractivity contribution is 7.33. The second-order valence-electron chi connectivity index (χ2n) is 33.1. The number of hydrogen-bond donors (Lipinski definition) is 18. The molecule has 0 aliphatic carbocycles. The van der Waals surface area contributed by atoms with Crippen LogP contribution in [0.1, 0.15) is 246 Å². The van der Waals surface area contributed by atoms with Crippen LogP contribution in [0.2, 0.25) is 0 Å². The lowest BCUT2D eigenvalue weighted by atomic mass is 9.93. The summed E-state index contributed by atoms with van der Waals surface area (Å²) in [6.45, 7) is 7.01. The van der Waals surface area contributed by atoms with Crippen LogP contribution in [0.15, 0.2) is 17.0 Å². The van der Waals surface area contributed by atoms with Crippen LogP contribution in [0.25, 0.3) is 0 Å². The molecule has 0 aromatic carbocycles. The van der Waals surface area contributed by atoms with Crippen molar-refractivity contribution in [2.75, 3.05) is 132 Å². The summed E-state index contributed by atoms with van der Waals surface area (Å²) >= 11 is 0. The molecule has 0 spiro atoms. The molecule has 16 unspecified atom stereocenters. The van der Waals surface area contributed by atoms with E-state index in [4.69, 9.17) is 57.2 Å². The van der Waals surface area contributed by atoms with Crippen LogP contribution < -0.4 is 42.5 Å². The number of unbranched alkanes of at least 4 members (excludes halogenated alkanes) is 22. The molecule has 40 nitrogen and oxygen atoms in total. The Bertz CT molecular complexity index is 2980. The monoisotopic (exact) mass is 1830 g/mol. The third kappa shape index (κ3) is 47.4. The van der Waals surface area contributed by atoms with Gasteiger partial charge in [-0.05, 0) is 90.4 Å². The maximum Gasteiger partial charge on any atom is 0.319 e. The maximum atomic E-state index is 14.7. The van der Waals surface area contributed by atoms with E-state index in [1.54, 1.807) is 11.8 Å². The molecule has 4 fully saturated rings. The number of rotatable bonds is 73. The molecule has 0 aromatic heterocycles. The van der Waals surface area contributed by atoms with Crippen LogP contribution in [0.5, 0.6) is 0 Å². The number of allylic oxidation sites excluding steroid dienone is 1. The number of aliphatic hydroxyl groups is 9. The molecule has 0 bridgehead atoms. The van der Waals surface area contributed by atoms with E-state index in [0.29, 0.717) is 129 Å². The summed E-state index contributed by atoms with van der Waals surface area (Å²) in [5.74, 6) is -3.11. The minimum Gasteiger partial charge on any atom is -0.394 e. The molecule has 0 aromatic rings. The molecular weight excluding hydrogens is 1670 g/mol. The zero-order valence-corrected chi connectivity index (χ0v) is 76.1. The highest BCUT2D eigenvalue weighted by atomic mass is 31.1. The molecule has 16 atom stereocenters. The van der Waals surface area contributed by atoms with E-state index < -0.39 is 149 Å². The normalized spacial score (nSPS) is 24.2. The Morgan fingerprint density at radius 2 is 0.770 bits per heavy atom. The average molecular weight is 1830 g/mol. The number of hydrogen-bond acceptors (Lipinski definition) is 32. The van der Waals surface area contributed by atoms with Gasteiger partial charge in [0, 0.05) is 118 Å². The third-order valence-electron chi connectivity index (χ3n) is 22.4. The molecule has 4 aliphatic rings. The topological polar surface area (TPSA) is 573 Å². The summed E-state index contributed by atoms with van der Waals surface area (Å²) in [7, 11) is -2.36. The van der Waals surface area contributed by atoms with Gasteiger partial charge < -0.3 is 145 Å². The Morgan fingerprint density at radius 3 is 1.12 bits per heavy atom. The minimum atomic E-state index is -2.36. The third-order valence-corrected chi connectivity index (χ3v) is 23.3. The number of nitrogens with zero attached hydrogens (tertiary/aromatic N) is 2. The van der Waals surface area contributed by atoms with Gasteiger partial charge >= 0.3 is 8.25 Å². The zero-order valence-electron chi connectivity index (χ0n) is 75.1. The van der Waals surface area contributed by atoms with Gasteiger partial charge in [0.1, 0.15) is 78.6 Å². The van der Waals surface area contributed by atoms with Gasteiger partial charge in [0.25, 0.3) is 0 Å². The molecule has 4 rings (SSSR count). The summed E-state index contributed by atoms with van der Waals surface area (Å²) in [5, 5.41) is 118. The lowest BCUT2D eigenvalue weighted by Crippen LogP contribution is -2.64. The largest absolute Gasteiger partial charge is 0.394 e. The van der Waals surface area contributed by atoms with Crippen molar-refractivity contribution in [3.05, 3.63) is 11.9 Å². The lowest BCUT2D eigenvalue weighted by molar-refractivity contribution is -0.270. The van der Waals surface area contributed by atoms with E-state index in [-0.39, 0.29) is 108 Å². The lowest BCUT2D eigenvalue weighted by Gasteiger charge is -2.42. The molecular formula is C85H156N11O29P. The maximum absolute atomic E-state index is 14.7. The fourth-order valence-corrected chi connectivity index (χ4v) is 15.7. The first kappa shape index (κ1) is 113. The van der Waals surface area contributed by atoms with Crippen molar-refractivity contribution >= 4 is 55.5 Å². The number of nitrogens with one attached hydrogen (secondary N) is 9. The molecule has 41 heteroatoms. The van der Waals surface area contributed by atoms with Gasteiger partial charge in [-0.25, -0.2) is 5.53 Å². The Labute approximate surface area is 744 Å². The summed E-state index contributed by atoms with van der Waals surface area (Å²) in [4.78, 5) is 105. The summed E-state index contributed by atoms with van der Waals surface area (Å²) in [6.07, 6.45) is 11.1. The summed E-state index contributed by atoms with van der Waals surface area (Å²) in [6, 6.07) is -3.15. The van der Waals surface area contributed by atoms with Crippen LogP contribution in [-0.4, -0.2) is 327 Å². The Kier molecular flexibility index (Phi) is 61.1. The molecule has 0 radical (unpaired) electrons. The average Bonchev–Trinajstić information content (AvgIpc) is 0.826. The minimum absolute atomic E-state index is 0.0171. The Morgan fingerprint density at radius 1 is 0.437 bits per heavy atom. The molecule has 4 saturated heterocycles. The summed E-state index contributed by atoms with van der Waals surface area (Å²) in [5.41, 5.74) is 6.95. The Hall–Kier alpha value is -5.67. The van der Waals surface area contributed by atoms with Crippen molar-refractivity contribution < 1.29 is 141 Å². The number of likely N-dealkylation sites (tertiary alicyclic amines) is 1. The van der Waals surface area contributed by atoms with E-state index in [1.165, 1.54) is 20.8 Å². The number of piperidine rings is 1. The zero-order chi connectivity index (χ0) is 92.1. The van der Waals surface area contributed by atoms with Crippen molar-refractivity contribution in [3.8, 4) is 0 Å². The first-order chi connectivity index (χ1) is 60.8. The van der Waals surface area contributed by atoms with Gasteiger partial charge in [-0.3, -0.25) is 42.9 Å². The van der Waals surface area contributed by atoms with Crippen molar-refractivity contribution in [2.45, 2.75) is 343 Å². The SMILES string of the molecule is CCO[PH](=O)OCCCCCCCCCC/C(=C/NCCCCCCCC(=O)N1CCC(C(=O)NC(COCCC(=O)NCCCCCCCCOC2OC(CO)C(O)C(O)C2NC(C)=O)(COCCC(=O)NCCCCCCOC2OC(CO)C(O)C(O)C2NC(C)=O)COCCC(=O)NCCCCCCOC2OC(CO)C(O)C(O)C2NC(C)=O)CC1)N=N. The van der Waals surface area contributed by atoms with Gasteiger partial charge in [0.2, 0.25) is 47.3 Å². The number of amides is 8. The van der Waals surface area contributed by atoms with Crippen LogP contribution in [0.3, 0.4) is 0 Å². The molecule has 4 aliphatic heterocycles. The second kappa shape index (κ2) is 68.4. The number of carbonyl (C=O) groups is 8. The number of carbonyl (C=O) groups excluding carboxylic acids is 8. The van der Waals surface area contributed by atoms with E-state index >= 15 is 0 Å². The molecule has 126 heavy (non-hydrogen) atoms. The predicted octanol–water partition coefficient (Wildman–Crippen LogP) is 2.75. The summed E-state index contributed by atoms with van der Waals surface area (Å²) < 4.78 is 74.8. The molecule has 4 heterocycles. The van der Waals surface area contributed by atoms with Gasteiger partial charge in [0.05, 0.1) is 78.4 Å². The molecule has 18 N–H and O–H groups in total. The molecule has 0 saturated carbocycles. The van der Waals surface area contributed by atoms with Crippen LogP contribution in [0.4, 0.5) is 0 Å². The quantitative estimate of drug-likeness (QED) is 0.0236. The predicted molar refractivity (Wildman–Crippen MR) is 461 cm³/mol. The van der Waals surface area contributed by atoms with E-state index in [9.17, 15) is 88.9 Å². The highest BCUT2D eigenvalue weighted by Crippen LogP contribution is 2.29. The first-order valence-electron chi connectivity index (χ1n) is 46.1. The van der Waals surface area contributed by atoms with Crippen molar-refractivity contribution in [3.63, 3.8) is 0 Å². The van der Waals surface area contributed by atoms with Gasteiger partial charge in [0.15, 0.2) is 18.9 Å². The highest BCUT2D eigenvalue weighted by Gasteiger charge is 2.48. The fraction of sp³-hybridized carbons (Fsp3) is 0.882. The molecule has 8 amide bonds. The number of aliphatic hydroxyl groups excluding tert-OH is 9. The van der Waals surface area contributed by atoms with Crippen LogP contribution >= 0.6 is 8.25 Å². The van der Waals surface area contributed by atoms with E-state index in [2.05, 4.69) is 47.6 Å². The van der Waals surface area contributed by atoms with Gasteiger partial charge in [-0.15, -0.1) is 0 Å². The van der Waals surface area contributed by atoms with Crippen LogP contribution in [-0.2, 0) is 94.6 Å².